The lowest BCUT2D eigenvalue weighted by molar-refractivity contribution is 0.509. The minimum Gasteiger partial charge on any atom is -0.271 e. The molecule has 0 aromatic carbocycles. The molecular weight excluding hydrogens is 272 g/mol. The van der Waals surface area contributed by atoms with Crippen LogP contribution in [0.5, 0.6) is 0 Å². The Bertz CT molecular complexity index is 334. The van der Waals surface area contributed by atoms with E-state index >= 15 is 0 Å². The molecule has 1 aromatic heterocycles. The third-order valence-corrected chi connectivity index (χ3v) is 4.49. The normalized spacial score (nSPS) is 12.4. The number of hydrogen-bond acceptors (Lipinski definition) is 3. The highest BCUT2D eigenvalue weighted by Gasteiger charge is 2.13. The van der Waals surface area contributed by atoms with Crippen molar-refractivity contribution < 1.29 is 0 Å². The summed E-state index contributed by atoms with van der Waals surface area (Å²) in [4.78, 5) is 1.26. The molecule has 1 unspecified atom stereocenters. The second kappa shape index (κ2) is 6.29. The standard InChI is InChI=1S/C11H15BrN2S/c1-3-4-5-6-9(14-13)10-7-8(2)11(12)15-10/h1,7,9,14H,4-6,13H2,2H3. The van der Waals surface area contributed by atoms with Gasteiger partial charge in [0, 0.05) is 11.3 Å². The SMILES string of the molecule is C#CCCCC(NN)c1cc(C)c(Br)s1. The average molecular weight is 287 g/mol. The van der Waals surface area contributed by atoms with Crippen molar-refractivity contribution in [2.24, 2.45) is 5.84 Å². The van der Waals surface area contributed by atoms with Crippen LogP contribution >= 0.6 is 27.3 Å². The number of nitrogens with one attached hydrogen (secondary N) is 1. The summed E-state index contributed by atoms with van der Waals surface area (Å²) < 4.78 is 1.18. The van der Waals surface area contributed by atoms with Crippen molar-refractivity contribution in [2.45, 2.75) is 32.2 Å². The maximum absolute atomic E-state index is 5.54. The Morgan fingerprint density at radius 2 is 2.47 bits per heavy atom. The first-order valence-electron chi connectivity index (χ1n) is 4.84. The van der Waals surface area contributed by atoms with E-state index in [1.54, 1.807) is 11.3 Å². The number of unbranched alkanes of at least 4 members (excludes halogenated alkanes) is 1. The Balaban J connectivity index is 2.62. The van der Waals surface area contributed by atoms with Crippen LogP contribution in [0.4, 0.5) is 0 Å². The van der Waals surface area contributed by atoms with Gasteiger partial charge in [-0.15, -0.1) is 23.7 Å². The first kappa shape index (κ1) is 12.7. The smallest absolute Gasteiger partial charge is 0.0731 e. The van der Waals surface area contributed by atoms with Gasteiger partial charge in [0.25, 0.3) is 0 Å². The Hall–Kier alpha value is -0.340. The summed E-state index contributed by atoms with van der Waals surface area (Å²) in [7, 11) is 0. The van der Waals surface area contributed by atoms with E-state index in [0.29, 0.717) is 0 Å². The van der Waals surface area contributed by atoms with Crippen molar-refractivity contribution in [3.8, 4) is 12.3 Å². The third kappa shape index (κ3) is 3.62. The van der Waals surface area contributed by atoms with E-state index in [-0.39, 0.29) is 6.04 Å². The van der Waals surface area contributed by atoms with Crippen molar-refractivity contribution in [3.63, 3.8) is 0 Å². The number of hydrazine groups is 1. The number of rotatable bonds is 5. The molecule has 15 heavy (non-hydrogen) atoms. The molecule has 0 bridgehead atoms. The lowest BCUT2D eigenvalue weighted by atomic mass is 10.1. The molecule has 1 aromatic rings. The van der Waals surface area contributed by atoms with Gasteiger partial charge >= 0.3 is 0 Å². The van der Waals surface area contributed by atoms with Crippen molar-refractivity contribution in [1.82, 2.24) is 5.43 Å². The number of halogens is 1. The first-order valence-corrected chi connectivity index (χ1v) is 6.45. The highest BCUT2D eigenvalue weighted by molar-refractivity contribution is 9.11. The molecule has 0 fully saturated rings. The van der Waals surface area contributed by atoms with Gasteiger partial charge in [0.1, 0.15) is 0 Å². The van der Waals surface area contributed by atoms with E-state index in [0.717, 1.165) is 19.3 Å². The molecule has 2 nitrogen and oxygen atoms in total. The minimum atomic E-state index is 0.216. The summed E-state index contributed by atoms with van der Waals surface area (Å²) >= 11 is 5.24. The van der Waals surface area contributed by atoms with Gasteiger partial charge in [0.05, 0.1) is 9.83 Å². The molecule has 0 radical (unpaired) electrons. The molecule has 0 saturated carbocycles. The third-order valence-electron chi connectivity index (χ3n) is 2.23. The van der Waals surface area contributed by atoms with Crippen molar-refractivity contribution in [2.75, 3.05) is 0 Å². The molecule has 82 valence electrons. The number of thiophene rings is 1. The van der Waals surface area contributed by atoms with Crippen molar-refractivity contribution in [1.29, 1.82) is 0 Å². The fraction of sp³-hybridized carbons (Fsp3) is 0.455. The van der Waals surface area contributed by atoms with E-state index in [2.05, 4.69) is 40.3 Å². The molecule has 0 amide bonds. The van der Waals surface area contributed by atoms with Gasteiger partial charge in [-0.2, -0.15) is 0 Å². The second-order valence-electron chi connectivity index (χ2n) is 3.42. The molecule has 0 aliphatic heterocycles. The molecule has 3 N–H and O–H groups in total. The monoisotopic (exact) mass is 286 g/mol. The van der Waals surface area contributed by atoms with Gasteiger partial charge < -0.3 is 0 Å². The van der Waals surface area contributed by atoms with Crippen LogP contribution in [0, 0.1) is 19.3 Å². The van der Waals surface area contributed by atoms with Crippen LogP contribution in [0.3, 0.4) is 0 Å². The second-order valence-corrected chi connectivity index (χ2v) is 5.82. The summed E-state index contributed by atoms with van der Waals surface area (Å²) in [5, 5.41) is 0. The number of hydrogen-bond donors (Lipinski definition) is 2. The maximum atomic E-state index is 5.54. The highest BCUT2D eigenvalue weighted by atomic mass is 79.9. The van der Waals surface area contributed by atoms with Crippen LogP contribution in [-0.2, 0) is 0 Å². The van der Waals surface area contributed by atoms with Gasteiger partial charge in [0.2, 0.25) is 0 Å². The topological polar surface area (TPSA) is 38.0 Å². The summed E-state index contributed by atoms with van der Waals surface area (Å²) in [6, 6.07) is 2.38. The van der Waals surface area contributed by atoms with Gasteiger partial charge in [-0.05, 0) is 47.3 Å². The Morgan fingerprint density at radius 1 is 1.73 bits per heavy atom. The van der Waals surface area contributed by atoms with E-state index < -0.39 is 0 Å². The molecule has 4 heteroatoms. The minimum absolute atomic E-state index is 0.216. The van der Waals surface area contributed by atoms with Crippen molar-refractivity contribution in [3.05, 3.63) is 20.3 Å². The van der Waals surface area contributed by atoms with Crippen LogP contribution in [0.2, 0.25) is 0 Å². The zero-order chi connectivity index (χ0) is 11.3. The molecule has 0 spiro atoms. The summed E-state index contributed by atoms with van der Waals surface area (Å²) in [6.45, 7) is 2.08. The maximum Gasteiger partial charge on any atom is 0.0731 e. The van der Waals surface area contributed by atoms with Crippen LogP contribution in [0.25, 0.3) is 0 Å². The Morgan fingerprint density at radius 3 is 2.93 bits per heavy atom. The van der Waals surface area contributed by atoms with Crippen molar-refractivity contribution >= 4 is 27.3 Å². The zero-order valence-corrected chi connectivity index (χ0v) is 11.1. The number of terminal acetylenes is 1. The lowest BCUT2D eigenvalue weighted by Gasteiger charge is -2.12. The molecular formula is C11H15BrN2S. The van der Waals surface area contributed by atoms with Gasteiger partial charge in [0.15, 0.2) is 0 Å². The van der Waals surface area contributed by atoms with Crippen LogP contribution in [-0.4, -0.2) is 0 Å². The van der Waals surface area contributed by atoms with Gasteiger partial charge in [-0.1, -0.05) is 0 Å². The fourth-order valence-electron chi connectivity index (χ4n) is 1.37. The van der Waals surface area contributed by atoms with E-state index in [1.807, 2.05) is 0 Å². The number of nitrogens with two attached hydrogens (primary N) is 1. The molecule has 0 aliphatic carbocycles. The Kier molecular flexibility index (Phi) is 5.34. The lowest BCUT2D eigenvalue weighted by Crippen LogP contribution is -2.27. The van der Waals surface area contributed by atoms with E-state index in [1.165, 1.54) is 14.2 Å². The number of aryl methyl sites for hydroxylation is 1. The highest BCUT2D eigenvalue weighted by Crippen LogP contribution is 2.32. The summed E-state index contributed by atoms with van der Waals surface area (Å²) in [5.74, 6) is 8.18. The van der Waals surface area contributed by atoms with Gasteiger partial charge in [-0.3, -0.25) is 11.3 Å². The molecule has 1 atom stereocenters. The molecule has 1 rings (SSSR count). The summed E-state index contributed by atoms with van der Waals surface area (Å²) in [5.41, 5.74) is 4.10. The predicted molar refractivity (Wildman–Crippen MR) is 69.5 cm³/mol. The quantitative estimate of drug-likeness (QED) is 0.378. The average Bonchev–Trinajstić information content (AvgIpc) is 2.54. The largest absolute Gasteiger partial charge is 0.271 e. The zero-order valence-electron chi connectivity index (χ0n) is 8.72. The fourth-order valence-corrected chi connectivity index (χ4v) is 3.04. The van der Waals surface area contributed by atoms with Crippen LogP contribution in [0.15, 0.2) is 9.85 Å². The summed E-state index contributed by atoms with van der Waals surface area (Å²) in [6.07, 6.45) is 8.00. The Labute approximate surface area is 103 Å². The van der Waals surface area contributed by atoms with Gasteiger partial charge in [-0.25, -0.2) is 0 Å². The molecule has 1 heterocycles. The van der Waals surface area contributed by atoms with E-state index in [9.17, 15) is 0 Å². The van der Waals surface area contributed by atoms with Crippen LogP contribution < -0.4 is 11.3 Å². The van der Waals surface area contributed by atoms with E-state index in [4.69, 9.17) is 12.3 Å². The first-order chi connectivity index (χ1) is 7.19. The molecule has 0 saturated heterocycles. The predicted octanol–water partition coefficient (Wildman–Crippen LogP) is 3.13. The van der Waals surface area contributed by atoms with Crippen LogP contribution in [0.1, 0.15) is 35.7 Å². The molecule has 0 aliphatic rings.